The summed E-state index contributed by atoms with van der Waals surface area (Å²) in [4.78, 5) is 3.88. The van der Waals surface area contributed by atoms with Gasteiger partial charge in [-0.05, 0) is 44.9 Å². The summed E-state index contributed by atoms with van der Waals surface area (Å²) in [6.07, 6.45) is 5.04. The first kappa shape index (κ1) is 25.8. The number of allylic oxidation sites excluding steroid dienone is 3. The van der Waals surface area contributed by atoms with Gasteiger partial charge >= 0.3 is 0 Å². The van der Waals surface area contributed by atoms with Crippen LogP contribution in [-0.4, -0.2) is 13.3 Å². The van der Waals surface area contributed by atoms with Gasteiger partial charge < -0.3 is 5.32 Å². The number of aliphatic imine (C=N–C) groups is 1. The van der Waals surface area contributed by atoms with Gasteiger partial charge in [-0.3, -0.25) is 4.99 Å². The molecule has 0 aromatic heterocycles. The number of benzene rings is 1. The fraction of sp³-hybridized carbons (Fsp3) is 0.381. The van der Waals surface area contributed by atoms with Crippen LogP contribution in [0.1, 0.15) is 46.6 Å². The van der Waals surface area contributed by atoms with Crippen molar-refractivity contribution >= 4 is 11.9 Å². The first-order chi connectivity index (χ1) is 11.0. The molecule has 0 radical (unpaired) electrons. The molecule has 0 saturated heterocycles. The predicted molar refractivity (Wildman–Crippen MR) is 111 cm³/mol. The van der Waals surface area contributed by atoms with E-state index in [-0.39, 0.29) is 0 Å². The van der Waals surface area contributed by atoms with Crippen LogP contribution < -0.4 is 5.32 Å². The molecule has 0 heterocycles. The van der Waals surface area contributed by atoms with Crippen LogP contribution in [0, 0.1) is 6.92 Å². The zero-order valence-corrected chi connectivity index (χ0v) is 16.2. The highest BCUT2D eigenvalue weighted by Gasteiger charge is 1.88. The first-order valence-corrected chi connectivity index (χ1v) is 8.10. The highest BCUT2D eigenvalue weighted by atomic mass is 14.9. The van der Waals surface area contributed by atoms with Gasteiger partial charge in [0.1, 0.15) is 0 Å². The highest BCUT2D eigenvalue weighted by molar-refractivity contribution is 5.77. The first-order valence-electron chi connectivity index (χ1n) is 8.10. The van der Waals surface area contributed by atoms with Crippen LogP contribution >= 0.6 is 0 Å². The number of anilines is 1. The lowest BCUT2D eigenvalue weighted by molar-refractivity contribution is 1.17. The average molecular weight is 317 g/mol. The molecule has 0 bridgehead atoms. The largest absolute Gasteiger partial charge is 0.360 e. The van der Waals surface area contributed by atoms with E-state index >= 15 is 0 Å². The van der Waals surface area contributed by atoms with E-state index in [0.29, 0.717) is 0 Å². The Hall–Kier alpha value is -2.09. The van der Waals surface area contributed by atoms with Gasteiger partial charge in [-0.2, -0.15) is 0 Å². The third-order valence-corrected chi connectivity index (χ3v) is 2.48. The molecule has 0 unspecified atom stereocenters. The number of hydrogen-bond acceptors (Lipinski definition) is 2. The summed E-state index contributed by atoms with van der Waals surface area (Å²) in [6, 6.07) is 8.24. The van der Waals surface area contributed by atoms with Crippen molar-refractivity contribution in [2.45, 2.75) is 48.0 Å². The maximum absolute atomic E-state index is 3.88. The average Bonchev–Trinajstić information content (AvgIpc) is 2.58. The maximum Gasteiger partial charge on any atom is 0.0381 e. The smallest absolute Gasteiger partial charge is 0.0381 e. The second-order valence-electron chi connectivity index (χ2n) is 4.38. The highest BCUT2D eigenvalue weighted by Crippen LogP contribution is 2.09. The van der Waals surface area contributed by atoms with E-state index in [9.17, 15) is 0 Å². The van der Waals surface area contributed by atoms with E-state index in [1.165, 1.54) is 11.1 Å². The molecule has 130 valence electrons. The Labute approximate surface area is 144 Å². The van der Waals surface area contributed by atoms with Crippen LogP contribution in [0.25, 0.3) is 0 Å². The van der Waals surface area contributed by atoms with Crippen LogP contribution in [0.3, 0.4) is 0 Å². The summed E-state index contributed by atoms with van der Waals surface area (Å²) >= 11 is 0. The van der Waals surface area contributed by atoms with Crippen molar-refractivity contribution in [1.82, 2.24) is 0 Å². The number of aryl methyl sites for hydroxylation is 1. The van der Waals surface area contributed by atoms with E-state index in [1.54, 1.807) is 7.05 Å². The summed E-state index contributed by atoms with van der Waals surface area (Å²) in [7, 11) is 1.79. The number of nitrogens with zero attached hydrogens (tertiary/aromatic N) is 1. The van der Waals surface area contributed by atoms with Crippen molar-refractivity contribution in [1.29, 1.82) is 0 Å². The second-order valence-corrected chi connectivity index (χ2v) is 4.38. The van der Waals surface area contributed by atoms with Gasteiger partial charge in [0.15, 0.2) is 0 Å². The van der Waals surface area contributed by atoms with Crippen molar-refractivity contribution in [3.63, 3.8) is 0 Å². The molecule has 0 aliphatic rings. The molecule has 1 rings (SSSR count). The molecule has 2 heteroatoms. The van der Waals surface area contributed by atoms with Gasteiger partial charge in [0.2, 0.25) is 0 Å². The zero-order valence-electron chi connectivity index (χ0n) is 16.2. The fourth-order valence-electron chi connectivity index (χ4n) is 1.42. The van der Waals surface area contributed by atoms with Gasteiger partial charge in [-0.25, -0.2) is 0 Å². The molecule has 2 nitrogen and oxygen atoms in total. The van der Waals surface area contributed by atoms with Crippen LogP contribution in [0.5, 0.6) is 0 Å². The van der Waals surface area contributed by atoms with Crippen molar-refractivity contribution in [2.75, 3.05) is 12.4 Å². The molecule has 0 atom stereocenters. The molecule has 0 amide bonds. The Bertz CT molecular complexity index is 437. The molecular weight excluding hydrogens is 280 g/mol. The summed E-state index contributed by atoms with van der Waals surface area (Å²) in [6.45, 7) is 21.9. The molecule has 0 fully saturated rings. The Balaban J connectivity index is -0.000000296. The Kier molecular flexibility index (Phi) is 22.4. The molecule has 0 saturated carbocycles. The third-order valence-electron chi connectivity index (χ3n) is 2.48. The third kappa shape index (κ3) is 17.9. The lowest BCUT2D eigenvalue weighted by Gasteiger charge is -2.04. The lowest BCUT2D eigenvalue weighted by atomic mass is 10.2. The SMILES string of the molecule is C/C=C(\C=NC)CC.C=C.C=C(C)Nc1ccc(C)cc1.CC. The fourth-order valence-corrected chi connectivity index (χ4v) is 1.42. The molecule has 1 N–H and O–H groups in total. The summed E-state index contributed by atoms with van der Waals surface area (Å²) in [5.74, 6) is 0. The minimum absolute atomic E-state index is 0.967. The van der Waals surface area contributed by atoms with E-state index in [2.05, 4.69) is 62.1 Å². The van der Waals surface area contributed by atoms with Gasteiger partial charge in [0.05, 0.1) is 0 Å². The van der Waals surface area contributed by atoms with Gasteiger partial charge in [-0.1, -0.05) is 51.1 Å². The van der Waals surface area contributed by atoms with Crippen molar-refractivity contribution in [3.05, 3.63) is 66.9 Å². The van der Waals surface area contributed by atoms with Crippen LogP contribution in [0.2, 0.25) is 0 Å². The summed E-state index contributed by atoms with van der Waals surface area (Å²) in [5.41, 5.74) is 4.64. The molecule has 0 aliphatic carbocycles. The molecule has 23 heavy (non-hydrogen) atoms. The van der Waals surface area contributed by atoms with Crippen molar-refractivity contribution < 1.29 is 0 Å². The maximum atomic E-state index is 3.88. The van der Waals surface area contributed by atoms with Gasteiger partial charge in [0.25, 0.3) is 0 Å². The summed E-state index contributed by atoms with van der Waals surface area (Å²) < 4.78 is 0. The molecule has 0 spiro atoms. The molecule has 1 aromatic carbocycles. The Morgan fingerprint density at radius 3 is 1.91 bits per heavy atom. The van der Waals surface area contributed by atoms with Crippen LogP contribution in [0.4, 0.5) is 5.69 Å². The van der Waals surface area contributed by atoms with E-state index in [1.807, 2.05) is 46.0 Å². The second kappa shape index (κ2) is 19.9. The van der Waals surface area contributed by atoms with Crippen LogP contribution in [0.15, 0.2) is 66.3 Å². The normalized spacial score (nSPS) is 9.43. The number of nitrogens with one attached hydrogen (secondary N) is 1. The van der Waals surface area contributed by atoms with E-state index in [4.69, 9.17) is 0 Å². The summed E-state index contributed by atoms with van der Waals surface area (Å²) in [5, 5.41) is 3.14. The standard InChI is InChI=1S/C10H13N.C7H13N.C2H6.C2H4/c1-8(2)11-10-6-4-9(3)5-7-10;1-4-7(5-2)6-8-3;2*1-2/h4-7,11H,1H2,2-3H3;4,6H,5H2,1-3H3;1-2H3;1-2H2/b;7-4-,8-6?;;. The minimum atomic E-state index is 0.967. The quantitative estimate of drug-likeness (QED) is 0.478. The Morgan fingerprint density at radius 1 is 1.17 bits per heavy atom. The molecule has 1 aromatic rings. The van der Waals surface area contributed by atoms with Crippen molar-refractivity contribution in [2.24, 2.45) is 4.99 Å². The van der Waals surface area contributed by atoms with Crippen LogP contribution in [-0.2, 0) is 0 Å². The Morgan fingerprint density at radius 2 is 1.65 bits per heavy atom. The predicted octanol–water partition coefficient (Wildman–Crippen LogP) is 6.81. The number of rotatable bonds is 4. The molecular formula is C21H36N2. The molecule has 0 aliphatic heterocycles. The van der Waals surface area contributed by atoms with Gasteiger partial charge in [-0.15, -0.1) is 13.2 Å². The minimum Gasteiger partial charge on any atom is -0.360 e. The van der Waals surface area contributed by atoms with E-state index < -0.39 is 0 Å². The lowest BCUT2D eigenvalue weighted by Crippen LogP contribution is -1.92. The topological polar surface area (TPSA) is 24.4 Å². The van der Waals surface area contributed by atoms with E-state index in [0.717, 1.165) is 17.8 Å². The monoisotopic (exact) mass is 316 g/mol. The van der Waals surface area contributed by atoms with Crippen molar-refractivity contribution in [3.8, 4) is 0 Å². The number of hydrogen-bond donors (Lipinski definition) is 1. The zero-order chi connectivity index (χ0) is 18.7. The van der Waals surface area contributed by atoms with Gasteiger partial charge in [0, 0.05) is 24.6 Å².